The summed E-state index contributed by atoms with van der Waals surface area (Å²) in [7, 11) is 1.37. The zero-order valence-corrected chi connectivity index (χ0v) is 13.2. The molecular weight excluding hydrogens is 300 g/mol. The summed E-state index contributed by atoms with van der Waals surface area (Å²) in [4.78, 5) is 20.6. The molecule has 7 heteroatoms. The number of nitrogens with zero attached hydrogens (tertiary/aromatic N) is 4. The van der Waals surface area contributed by atoms with Crippen molar-refractivity contribution in [3.63, 3.8) is 0 Å². The molecule has 0 radical (unpaired) electrons. The topological polar surface area (TPSA) is 61.4 Å². The lowest BCUT2D eigenvalue weighted by molar-refractivity contribution is 0.0602. The van der Waals surface area contributed by atoms with E-state index < -0.39 is 0 Å². The summed E-state index contributed by atoms with van der Waals surface area (Å²) in [6.07, 6.45) is 7.55. The molecule has 0 bridgehead atoms. The van der Waals surface area contributed by atoms with Crippen molar-refractivity contribution in [2.75, 3.05) is 7.11 Å². The van der Waals surface area contributed by atoms with Crippen molar-refractivity contribution in [3.8, 4) is 0 Å². The summed E-state index contributed by atoms with van der Waals surface area (Å²) in [6, 6.07) is 3.52. The molecule has 3 heterocycles. The summed E-state index contributed by atoms with van der Waals surface area (Å²) < 4.78 is 8.72. The van der Waals surface area contributed by atoms with Crippen molar-refractivity contribution < 1.29 is 9.53 Å². The molecule has 0 amide bonds. The van der Waals surface area contributed by atoms with Crippen LogP contribution in [0.5, 0.6) is 0 Å². The Labute approximate surface area is 132 Å². The Bertz CT molecular complexity index is 809. The minimum atomic E-state index is -0.378. The molecule has 3 aromatic heterocycles. The van der Waals surface area contributed by atoms with E-state index in [1.807, 2.05) is 29.1 Å². The van der Waals surface area contributed by atoms with E-state index >= 15 is 0 Å². The average Bonchev–Trinajstić information content (AvgIpc) is 3.17. The van der Waals surface area contributed by atoms with E-state index in [9.17, 15) is 4.79 Å². The summed E-state index contributed by atoms with van der Waals surface area (Å²) in [6.45, 7) is 2.97. The number of carbonyl (C=O) groups is 1. The average molecular weight is 316 g/mol. The monoisotopic (exact) mass is 316 g/mol. The van der Waals surface area contributed by atoms with Gasteiger partial charge in [-0.25, -0.2) is 14.8 Å². The molecule has 3 aromatic rings. The predicted molar refractivity (Wildman–Crippen MR) is 84.0 cm³/mol. The number of rotatable bonds is 5. The first-order chi connectivity index (χ1) is 10.7. The number of fused-ring (bicyclic) bond motifs is 1. The molecule has 0 aliphatic heterocycles. The molecule has 6 nitrogen and oxygen atoms in total. The van der Waals surface area contributed by atoms with E-state index in [0.29, 0.717) is 17.0 Å². The van der Waals surface area contributed by atoms with E-state index in [4.69, 9.17) is 4.74 Å². The number of hydrogen-bond donors (Lipinski definition) is 0. The fraction of sp³-hybridized carbons (Fsp3) is 0.267. The van der Waals surface area contributed by atoms with Gasteiger partial charge in [-0.05, 0) is 19.1 Å². The van der Waals surface area contributed by atoms with Gasteiger partial charge in [-0.15, -0.1) is 0 Å². The first kappa shape index (κ1) is 14.6. The van der Waals surface area contributed by atoms with Crippen LogP contribution < -0.4 is 0 Å². The molecular formula is C15H16N4O2S. The standard InChI is InChI=1S/C15H16N4O2S/c1-3-18-8-6-16-15(18)22-10-11-9-19-7-4-5-12(13(19)17-11)14(20)21-2/h4-9H,3,10H2,1-2H3. The zero-order valence-electron chi connectivity index (χ0n) is 12.4. The maximum Gasteiger partial charge on any atom is 0.341 e. The van der Waals surface area contributed by atoms with Crippen LogP contribution in [-0.2, 0) is 17.0 Å². The molecule has 0 spiro atoms. The highest BCUT2D eigenvalue weighted by molar-refractivity contribution is 7.98. The molecule has 0 unspecified atom stereocenters. The summed E-state index contributed by atoms with van der Waals surface area (Å²) in [5.74, 6) is 0.316. The number of carbonyl (C=O) groups excluding carboxylic acids is 1. The van der Waals surface area contributed by atoms with Crippen LogP contribution >= 0.6 is 11.8 Å². The van der Waals surface area contributed by atoms with Gasteiger partial charge in [0.05, 0.1) is 12.8 Å². The van der Waals surface area contributed by atoms with Gasteiger partial charge in [0.25, 0.3) is 0 Å². The van der Waals surface area contributed by atoms with Crippen molar-refractivity contribution in [2.24, 2.45) is 0 Å². The Hall–Kier alpha value is -2.28. The van der Waals surface area contributed by atoms with Gasteiger partial charge in [0.2, 0.25) is 0 Å². The lowest BCUT2D eigenvalue weighted by Crippen LogP contribution is -2.03. The molecule has 114 valence electrons. The first-order valence-electron chi connectivity index (χ1n) is 6.91. The molecule has 3 rings (SSSR count). The summed E-state index contributed by atoms with van der Waals surface area (Å²) in [5, 5.41) is 0.966. The molecule has 0 N–H and O–H groups in total. The third-order valence-corrected chi connectivity index (χ3v) is 4.34. The number of ether oxygens (including phenoxy) is 1. The maximum absolute atomic E-state index is 11.8. The molecule has 22 heavy (non-hydrogen) atoms. The van der Waals surface area contributed by atoms with Crippen LogP contribution in [0.1, 0.15) is 23.0 Å². The Morgan fingerprint density at radius 2 is 2.27 bits per heavy atom. The Morgan fingerprint density at radius 3 is 3.05 bits per heavy atom. The van der Waals surface area contributed by atoms with Gasteiger partial charge in [0, 0.05) is 37.1 Å². The van der Waals surface area contributed by atoms with Crippen molar-refractivity contribution >= 4 is 23.4 Å². The number of methoxy groups -OCH3 is 1. The number of esters is 1. The third kappa shape index (κ3) is 2.71. The fourth-order valence-electron chi connectivity index (χ4n) is 2.22. The van der Waals surface area contributed by atoms with Crippen molar-refractivity contribution in [1.82, 2.24) is 18.9 Å². The number of hydrogen-bond acceptors (Lipinski definition) is 5. The van der Waals surface area contributed by atoms with Gasteiger partial charge in [-0.2, -0.15) is 0 Å². The van der Waals surface area contributed by atoms with E-state index in [2.05, 4.69) is 21.5 Å². The van der Waals surface area contributed by atoms with E-state index in [-0.39, 0.29) is 5.97 Å². The first-order valence-corrected chi connectivity index (χ1v) is 7.90. The Balaban J connectivity index is 1.85. The lowest BCUT2D eigenvalue weighted by atomic mass is 10.3. The highest BCUT2D eigenvalue weighted by Gasteiger charge is 2.13. The van der Waals surface area contributed by atoms with Gasteiger partial charge in [0.15, 0.2) is 10.8 Å². The minimum absolute atomic E-state index is 0.378. The molecule has 0 aromatic carbocycles. The maximum atomic E-state index is 11.8. The van der Waals surface area contributed by atoms with Crippen molar-refractivity contribution in [3.05, 3.63) is 48.2 Å². The number of imidazole rings is 2. The van der Waals surface area contributed by atoms with E-state index in [0.717, 1.165) is 17.4 Å². The molecule has 0 saturated carbocycles. The smallest absolute Gasteiger partial charge is 0.341 e. The molecule has 0 saturated heterocycles. The van der Waals surface area contributed by atoms with Crippen LogP contribution in [0.2, 0.25) is 0 Å². The fourth-order valence-corrected chi connectivity index (χ4v) is 3.12. The number of pyridine rings is 1. The second-order valence-corrected chi connectivity index (χ2v) is 5.60. The Morgan fingerprint density at radius 1 is 1.41 bits per heavy atom. The minimum Gasteiger partial charge on any atom is -0.465 e. The van der Waals surface area contributed by atoms with Crippen molar-refractivity contribution in [1.29, 1.82) is 0 Å². The van der Waals surface area contributed by atoms with Crippen LogP contribution in [-0.4, -0.2) is 32.0 Å². The highest BCUT2D eigenvalue weighted by Crippen LogP contribution is 2.22. The third-order valence-electron chi connectivity index (χ3n) is 3.31. The van der Waals surface area contributed by atoms with Crippen LogP contribution in [0.25, 0.3) is 5.65 Å². The lowest BCUT2D eigenvalue weighted by Gasteiger charge is -2.02. The SMILES string of the molecule is CCn1ccnc1SCc1cn2cccc(C(=O)OC)c2n1. The Kier molecular flexibility index (Phi) is 4.15. The molecule has 0 fully saturated rings. The van der Waals surface area contributed by atoms with Crippen LogP contribution in [0.15, 0.2) is 42.1 Å². The second kappa shape index (κ2) is 6.23. The zero-order chi connectivity index (χ0) is 15.5. The van der Waals surface area contributed by atoms with E-state index in [1.165, 1.54) is 7.11 Å². The highest BCUT2D eigenvalue weighted by atomic mass is 32.2. The van der Waals surface area contributed by atoms with Gasteiger partial charge in [-0.1, -0.05) is 11.8 Å². The summed E-state index contributed by atoms with van der Waals surface area (Å²) >= 11 is 1.63. The van der Waals surface area contributed by atoms with Crippen LogP contribution in [0, 0.1) is 0 Å². The van der Waals surface area contributed by atoms with Gasteiger partial charge in [-0.3, -0.25) is 0 Å². The number of thioether (sulfide) groups is 1. The molecule has 0 aliphatic carbocycles. The van der Waals surface area contributed by atoms with Gasteiger partial charge in [0.1, 0.15) is 5.56 Å². The van der Waals surface area contributed by atoms with Gasteiger partial charge < -0.3 is 13.7 Å². The largest absolute Gasteiger partial charge is 0.465 e. The van der Waals surface area contributed by atoms with Crippen LogP contribution in [0.4, 0.5) is 0 Å². The predicted octanol–water partition coefficient (Wildman–Crippen LogP) is 2.63. The second-order valence-electron chi connectivity index (χ2n) is 4.66. The summed E-state index contributed by atoms with van der Waals surface area (Å²) in [5.41, 5.74) is 1.98. The quantitative estimate of drug-likeness (QED) is 0.535. The van der Waals surface area contributed by atoms with E-state index in [1.54, 1.807) is 24.0 Å². The normalized spacial score (nSPS) is 11.0. The number of aromatic nitrogens is 4. The van der Waals surface area contributed by atoms with Crippen molar-refractivity contribution in [2.45, 2.75) is 24.4 Å². The van der Waals surface area contributed by atoms with Crippen LogP contribution in [0.3, 0.4) is 0 Å². The van der Waals surface area contributed by atoms with Gasteiger partial charge >= 0.3 is 5.97 Å². The number of aryl methyl sites for hydroxylation is 1. The molecule has 0 atom stereocenters. The molecule has 0 aliphatic rings.